The number of likely N-dealkylation sites (tertiary alicyclic amines) is 2. The molecule has 3 aromatic rings. The minimum atomic E-state index is 0.262. The maximum absolute atomic E-state index is 12.6. The van der Waals surface area contributed by atoms with Crippen molar-refractivity contribution in [3.63, 3.8) is 0 Å². The van der Waals surface area contributed by atoms with Crippen molar-refractivity contribution in [1.82, 2.24) is 24.8 Å². The smallest absolute Gasteiger partial charge is 0.236 e. The number of fused-ring (bicyclic) bond motifs is 1. The molecule has 4 heterocycles. The minimum Gasteiger partial charge on any atom is -0.383 e. The lowest BCUT2D eigenvalue weighted by molar-refractivity contribution is -0.131. The van der Waals surface area contributed by atoms with Crippen LogP contribution in [0.2, 0.25) is 0 Å². The van der Waals surface area contributed by atoms with Gasteiger partial charge in [0.2, 0.25) is 5.91 Å². The van der Waals surface area contributed by atoms with Gasteiger partial charge in [-0.3, -0.25) is 9.69 Å². The third-order valence-corrected chi connectivity index (χ3v) is 6.38. The molecule has 7 nitrogen and oxygen atoms in total. The number of carbonyl (C=O) groups is 1. The molecule has 2 N–H and O–H groups in total. The van der Waals surface area contributed by atoms with E-state index in [-0.39, 0.29) is 5.91 Å². The van der Waals surface area contributed by atoms with Gasteiger partial charge in [0, 0.05) is 36.8 Å². The monoisotopic (exact) mass is 416 g/mol. The Labute approximate surface area is 182 Å². The number of nitrogens with zero attached hydrogens (tertiary/aromatic N) is 5. The highest BCUT2D eigenvalue weighted by Crippen LogP contribution is 2.29. The lowest BCUT2D eigenvalue weighted by atomic mass is 9.94. The number of hydrogen-bond donors (Lipinski definition) is 1. The molecule has 2 fully saturated rings. The van der Waals surface area contributed by atoms with E-state index < -0.39 is 0 Å². The largest absolute Gasteiger partial charge is 0.383 e. The highest BCUT2D eigenvalue weighted by Gasteiger charge is 2.26. The van der Waals surface area contributed by atoms with Gasteiger partial charge in [-0.25, -0.2) is 15.0 Å². The molecule has 1 atom stereocenters. The summed E-state index contributed by atoms with van der Waals surface area (Å²) in [5, 5.41) is 0.778. The number of amides is 1. The minimum absolute atomic E-state index is 0.262. The molecule has 1 amide bonds. The van der Waals surface area contributed by atoms with E-state index in [1.807, 2.05) is 47.4 Å². The quantitative estimate of drug-likeness (QED) is 0.703. The van der Waals surface area contributed by atoms with E-state index in [2.05, 4.69) is 9.88 Å². The number of anilines is 1. The van der Waals surface area contributed by atoms with Crippen LogP contribution in [0.3, 0.4) is 0 Å². The van der Waals surface area contributed by atoms with Crippen LogP contribution in [0.4, 0.5) is 5.82 Å². The van der Waals surface area contributed by atoms with Crippen LogP contribution in [0.25, 0.3) is 22.4 Å². The molecule has 7 heteroatoms. The standard InChI is InChI=1S/C24H28N6O/c25-22-19-10-11-20(26-24(19)28-23(27-22)17-7-2-1-3-8-17)18-9-6-12-29(15-18)16-21(31)30-13-4-5-14-30/h1-3,7-8,10-11,18H,4-6,9,12-16H2,(H2,25,26,27,28)/t18-/m1/s1. The molecule has 0 bridgehead atoms. The Morgan fingerprint density at radius 2 is 1.77 bits per heavy atom. The van der Waals surface area contributed by atoms with Crippen molar-refractivity contribution in [2.45, 2.75) is 31.6 Å². The van der Waals surface area contributed by atoms with Gasteiger partial charge in [-0.05, 0) is 44.4 Å². The van der Waals surface area contributed by atoms with Crippen molar-refractivity contribution < 1.29 is 4.79 Å². The Morgan fingerprint density at radius 3 is 2.58 bits per heavy atom. The van der Waals surface area contributed by atoms with Gasteiger partial charge in [-0.2, -0.15) is 0 Å². The molecule has 0 unspecified atom stereocenters. The molecule has 1 aromatic carbocycles. The van der Waals surface area contributed by atoms with E-state index in [1.54, 1.807) is 0 Å². The molecular weight excluding hydrogens is 388 g/mol. The van der Waals surface area contributed by atoms with Gasteiger partial charge in [0.05, 0.1) is 11.9 Å². The molecule has 0 saturated carbocycles. The van der Waals surface area contributed by atoms with Crippen LogP contribution >= 0.6 is 0 Å². The first kappa shape index (κ1) is 19.9. The Balaban J connectivity index is 1.37. The van der Waals surface area contributed by atoms with Gasteiger partial charge in [0.25, 0.3) is 0 Å². The van der Waals surface area contributed by atoms with Crippen LogP contribution in [-0.2, 0) is 4.79 Å². The Kier molecular flexibility index (Phi) is 5.51. The number of pyridine rings is 1. The van der Waals surface area contributed by atoms with E-state index in [0.717, 1.165) is 68.5 Å². The first-order chi connectivity index (χ1) is 15.2. The number of nitrogen functional groups attached to an aromatic ring is 1. The average Bonchev–Trinajstić information content (AvgIpc) is 3.35. The van der Waals surface area contributed by atoms with E-state index in [9.17, 15) is 4.79 Å². The van der Waals surface area contributed by atoms with Gasteiger partial charge >= 0.3 is 0 Å². The summed E-state index contributed by atoms with van der Waals surface area (Å²) >= 11 is 0. The lowest BCUT2D eigenvalue weighted by Gasteiger charge is -2.33. The predicted molar refractivity (Wildman–Crippen MR) is 121 cm³/mol. The molecule has 2 aliphatic rings. The van der Waals surface area contributed by atoms with Crippen LogP contribution in [-0.4, -0.2) is 63.4 Å². The second-order valence-corrected chi connectivity index (χ2v) is 8.57. The molecule has 2 aromatic heterocycles. The highest BCUT2D eigenvalue weighted by molar-refractivity contribution is 5.87. The van der Waals surface area contributed by atoms with Crippen LogP contribution in [0.1, 0.15) is 37.3 Å². The van der Waals surface area contributed by atoms with E-state index >= 15 is 0 Å². The summed E-state index contributed by atoms with van der Waals surface area (Å²) in [4.78, 5) is 30.9. The second kappa shape index (κ2) is 8.59. The van der Waals surface area contributed by atoms with E-state index in [1.165, 1.54) is 0 Å². The summed E-state index contributed by atoms with van der Waals surface area (Å²) in [6.07, 6.45) is 4.40. The van der Waals surface area contributed by atoms with Gasteiger partial charge in [0.15, 0.2) is 11.5 Å². The number of piperidine rings is 1. The molecule has 0 aliphatic carbocycles. The van der Waals surface area contributed by atoms with Crippen molar-refractivity contribution in [3.8, 4) is 11.4 Å². The molecule has 31 heavy (non-hydrogen) atoms. The summed E-state index contributed by atoms with van der Waals surface area (Å²) < 4.78 is 0. The molecule has 2 aliphatic heterocycles. The number of aromatic nitrogens is 3. The molecular formula is C24H28N6O. The van der Waals surface area contributed by atoms with Crippen LogP contribution in [0, 0.1) is 0 Å². The van der Waals surface area contributed by atoms with Gasteiger partial charge in [-0.1, -0.05) is 30.3 Å². The van der Waals surface area contributed by atoms with Crippen molar-refractivity contribution >= 4 is 22.8 Å². The zero-order valence-corrected chi connectivity index (χ0v) is 17.7. The number of carbonyl (C=O) groups excluding carboxylic acids is 1. The summed E-state index contributed by atoms with van der Waals surface area (Å²) in [5.74, 6) is 1.60. The fraction of sp³-hybridized carbons (Fsp3) is 0.417. The maximum atomic E-state index is 12.6. The summed E-state index contributed by atoms with van der Waals surface area (Å²) in [6.45, 7) is 4.15. The molecule has 0 radical (unpaired) electrons. The summed E-state index contributed by atoms with van der Waals surface area (Å²) in [5.41, 5.74) is 8.79. The number of nitrogens with two attached hydrogens (primary N) is 1. The third-order valence-electron chi connectivity index (χ3n) is 6.38. The number of rotatable bonds is 4. The first-order valence-corrected chi connectivity index (χ1v) is 11.2. The fourth-order valence-corrected chi connectivity index (χ4v) is 4.69. The molecule has 0 spiro atoms. The Hall–Kier alpha value is -3.06. The predicted octanol–water partition coefficient (Wildman–Crippen LogP) is 3.08. The summed E-state index contributed by atoms with van der Waals surface area (Å²) in [7, 11) is 0. The number of benzene rings is 1. The first-order valence-electron chi connectivity index (χ1n) is 11.2. The molecule has 5 rings (SSSR count). The van der Waals surface area contributed by atoms with Crippen molar-refractivity contribution in [1.29, 1.82) is 0 Å². The molecule has 160 valence electrons. The van der Waals surface area contributed by atoms with Gasteiger partial charge < -0.3 is 10.6 Å². The highest BCUT2D eigenvalue weighted by atomic mass is 16.2. The van der Waals surface area contributed by atoms with Gasteiger partial charge in [0.1, 0.15) is 5.82 Å². The molecule has 2 saturated heterocycles. The Morgan fingerprint density at radius 1 is 0.968 bits per heavy atom. The van der Waals surface area contributed by atoms with E-state index in [0.29, 0.717) is 29.8 Å². The van der Waals surface area contributed by atoms with Crippen molar-refractivity contribution in [2.75, 3.05) is 38.5 Å². The van der Waals surface area contributed by atoms with Crippen LogP contribution in [0.15, 0.2) is 42.5 Å². The van der Waals surface area contributed by atoms with Crippen LogP contribution < -0.4 is 5.73 Å². The third kappa shape index (κ3) is 4.23. The topological polar surface area (TPSA) is 88.2 Å². The van der Waals surface area contributed by atoms with Crippen molar-refractivity contribution in [3.05, 3.63) is 48.2 Å². The summed E-state index contributed by atoms with van der Waals surface area (Å²) in [6, 6.07) is 13.9. The zero-order chi connectivity index (χ0) is 21.2. The van der Waals surface area contributed by atoms with Gasteiger partial charge in [-0.15, -0.1) is 0 Å². The van der Waals surface area contributed by atoms with Crippen molar-refractivity contribution in [2.24, 2.45) is 0 Å². The SMILES string of the molecule is Nc1nc(-c2ccccc2)nc2nc([C@@H]3CCCN(CC(=O)N4CCCC4)C3)ccc12. The number of hydrogen-bond acceptors (Lipinski definition) is 6. The van der Waals surface area contributed by atoms with E-state index in [4.69, 9.17) is 15.7 Å². The fourth-order valence-electron chi connectivity index (χ4n) is 4.69. The average molecular weight is 417 g/mol. The zero-order valence-electron chi connectivity index (χ0n) is 17.7. The Bertz CT molecular complexity index is 1080. The normalized spacial score (nSPS) is 19.7. The van der Waals surface area contributed by atoms with Crippen LogP contribution in [0.5, 0.6) is 0 Å². The lowest BCUT2D eigenvalue weighted by Crippen LogP contribution is -2.43. The maximum Gasteiger partial charge on any atom is 0.236 e. The second-order valence-electron chi connectivity index (χ2n) is 8.57.